The second-order valence-corrected chi connectivity index (χ2v) is 6.84. The summed E-state index contributed by atoms with van der Waals surface area (Å²) >= 11 is 0. The van der Waals surface area contributed by atoms with Crippen molar-refractivity contribution in [2.45, 2.75) is 31.8 Å². The van der Waals surface area contributed by atoms with E-state index < -0.39 is 0 Å². The molecule has 4 heterocycles. The molecular formula is C19H20N4O2. The van der Waals surface area contributed by atoms with Crippen molar-refractivity contribution in [3.05, 3.63) is 41.9 Å². The second-order valence-electron chi connectivity index (χ2n) is 6.84. The number of fused-ring (bicyclic) bond motifs is 3. The number of carbonyl (C=O) groups is 1. The number of oxazole rings is 1. The van der Waals surface area contributed by atoms with E-state index >= 15 is 0 Å². The molecule has 128 valence electrons. The molecular weight excluding hydrogens is 316 g/mol. The fourth-order valence-electron chi connectivity index (χ4n) is 4.01. The first kappa shape index (κ1) is 15.9. The lowest BCUT2D eigenvalue weighted by Gasteiger charge is -2.49. The van der Waals surface area contributed by atoms with Crippen molar-refractivity contribution < 1.29 is 9.21 Å². The maximum Gasteiger partial charge on any atom is 0.307 e. The van der Waals surface area contributed by atoms with Crippen LogP contribution in [0.25, 0.3) is 11.3 Å². The van der Waals surface area contributed by atoms with Crippen molar-refractivity contribution in [3.63, 3.8) is 0 Å². The van der Waals surface area contributed by atoms with Gasteiger partial charge in [0, 0.05) is 17.6 Å². The molecule has 0 saturated carbocycles. The van der Waals surface area contributed by atoms with Crippen LogP contribution in [0.15, 0.2) is 34.9 Å². The van der Waals surface area contributed by atoms with Gasteiger partial charge in [0.1, 0.15) is 0 Å². The molecule has 3 aliphatic heterocycles. The molecule has 2 bridgehead atoms. The smallest absolute Gasteiger partial charge is 0.307 e. The van der Waals surface area contributed by atoms with E-state index in [0.717, 1.165) is 31.5 Å². The van der Waals surface area contributed by atoms with Gasteiger partial charge in [-0.3, -0.25) is 9.69 Å². The first-order valence-electron chi connectivity index (χ1n) is 8.67. The maximum absolute atomic E-state index is 12.6. The molecule has 1 amide bonds. The Balaban J connectivity index is 1.50. The summed E-state index contributed by atoms with van der Waals surface area (Å²) in [5.74, 6) is 0.823. The van der Waals surface area contributed by atoms with Crippen LogP contribution in [0, 0.1) is 17.2 Å². The summed E-state index contributed by atoms with van der Waals surface area (Å²) in [6.07, 6.45) is 3.80. The van der Waals surface area contributed by atoms with Gasteiger partial charge in [0.25, 0.3) is 5.89 Å². The SMILES string of the molecule is CC1C(NC(=O)c2ncc(-c3cccc(C#N)c3)o2)C2CCN1CC2. The van der Waals surface area contributed by atoms with Gasteiger partial charge >= 0.3 is 5.91 Å². The van der Waals surface area contributed by atoms with E-state index in [1.807, 2.05) is 6.07 Å². The van der Waals surface area contributed by atoms with E-state index in [1.54, 1.807) is 18.2 Å². The average Bonchev–Trinajstić information content (AvgIpc) is 3.15. The molecule has 0 radical (unpaired) electrons. The van der Waals surface area contributed by atoms with Crippen LogP contribution in [0.5, 0.6) is 0 Å². The quantitative estimate of drug-likeness (QED) is 0.931. The first-order chi connectivity index (χ1) is 12.2. The minimum atomic E-state index is -0.270. The minimum absolute atomic E-state index is 0.0704. The van der Waals surface area contributed by atoms with Crippen LogP contribution < -0.4 is 5.32 Å². The lowest BCUT2D eigenvalue weighted by molar-refractivity contribution is 0.0210. The molecule has 2 unspecified atom stereocenters. The number of carbonyl (C=O) groups excluding carboxylic acids is 1. The molecule has 0 spiro atoms. The summed E-state index contributed by atoms with van der Waals surface area (Å²) in [5.41, 5.74) is 1.28. The van der Waals surface area contributed by atoms with Gasteiger partial charge in [-0.05, 0) is 50.9 Å². The fourth-order valence-corrected chi connectivity index (χ4v) is 4.01. The molecule has 3 fully saturated rings. The average molecular weight is 336 g/mol. The minimum Gasteiger partial charge on any atom is -0.432 e. The van der Waals surface area contributed by atoms with Gasteiger partial charge in [0.05, 0.1) is 17.8 Å². The fraction of sp³-hybridized carbons (Fsp3) is 0.421. The summed E-state index contributed by atoms with van der Waals surface area (Å²) in [7, 11) is 0. The third kappa shape index (κ3) is 2.92. The summed E-state index contributed by atoms with van der Waals surface area (Å²) in [6, 6.07) is 9.65. The van der Waals surface area contributed by atoms with Gasteiger partial charge < -0.3 is 9.73 Å². The number of aromatic nitrogens is 1. The molecule has 5 rings (SSSR count). The zero-order chi connectivity index (χ0) is 17.4. The summed E-state index contributed by atoms with van der Waals surface area (Å²) in [5, 5.41) is 12.1. The normalized spacial score (nSPS) is 27.7. The Labute approximate surface area is 146 Å². The number of nitriles is 1. The number of hydrogen-bond donors (Lipinski definition) is 1. The Morgan fingerprint density at radius 1 is 1.40 bits per heavy atom. The molecule has 6 heteroatoms. The molecule has 3 aliphatic rings. The summed E-state index contributed by atoms with van der Waals surface area (Å²) in [6.45, 7) is 4.41. The summed E-state index contributed by atoms with van der Waals surface area (Å²) in [4.78, 5) is 19.1. The highest BCUT2D eigenvalue weighted by molar-refractivity contribution is 5.90. The van der Waals surface area contributed by atoms with Gasteiger partial charge in [0.2, 0.25) is 0 Å². The maximum atomic E-state index is 12.6. The van der Waals surface area contributed by atoms with Crippen LogP contribution in [0.1, 0.15) is 36.0 Å². The van der Waals surface area contributed by atoms with Crippen LogP contribution in [0.4, 0.5) is 0 Å². The van der Waals surface area contributed by atoms with Crippen molar-refractivity contribution in [1.29, 1.82) is 5.26 Å². The number of benzene rings is 1. The zero-order valence-corrected chi connectivity index (χ0v) is 14.1. The van der Waals surface area contributed by atoms with Crippen molar-refractivity contribution in [1.82, 2.24) is 15.2 Å². The molecule has 2 atom stereocenters. The molecule has 6 nitrogen and oxygen atoms in total. The van der Waals surface area contributed by atoms with Crippen LogP contribution in [-0.4, -0.2) is 41.0 Å². The molecule has 3 saturated heterocycles. The number of amides is 1. The van der Waals surface area contributed by atoms with Gasteiger partial charge in [-0.15, -0.1) is 0 Å². The zero-order valence-electron chi connectivity index (χ0n) is 14.1. The van der Waals surface area contributed by atoms with Crippen LogP contribution >= 0.6 is 0 Å². The molecule has 1 aromatic heterocycles. The number of piperidine rings is 3. The van der Waals surface area contributed by atoms with Gasteiger partial charge in [-0.1, -0.05) is 12.1 Å². The Morgan fingerprint density at radius 3 is 2.92 bits per heavy atom. The van der Waals surface area contributed by atoms with Crippen molar-refractivity contribution in [3.8, 4) is 17.4 Å². The number of rotatable bonds is 3. The van der Waals surface area contributed by atoms with Gasteiger partial charge in [-0.25, -0.2) is 4.98 Å². The molecule has 2 aromatic rings. The number of nitrogens with zero attached hydrogens (tertiary/aromatic N) is 3. The van der Waals surface area contributed by atoms with E-state index in [2.05, 4.69) is 28.2 Å². The highest BCUT2D eigenvalue weighted by atomic mass is 16.4. The van der Waals surface area contributed by atoms with Crippen molar-refractivity contribution in [2.75, 3.05) is 13.1 Å². The largest absolute Gasteiger partial charge is 0.432 e. The lowest BCUT2D eigenvalue weighted by Crippen LogP contribution is -2.62. The Morgan fingerprint density at radius 2 is 2.20 bits per heavy atom. The second kappa shape index (κ2) is 6.34. The number of hydrogen-bond acceptors (Lipinski definition) is 5. The molecule has 1 aromatic carbocycles. The first-order valence-corrected chi connectivity index (χ1v) is 8.67. The monoisotopic (exact) mass is 336 g/mol. The van der Waals surface area contributed by atoms with E-state index in [9.17, 15) is 4.79 Å². The Kier molecular flexibility index (Phi) is 4.02. The Bertz CT molecular complexity index is 828. The topological polar surface area (TPSA) is 82.2 Å². The summed E-state index contributed by atoms with van der Waals surface area (Å²) < 4.78 is 5.64. The molecule has 1 N–H and O–H groups in total. The highest BCUT2D eigenvalue weighted by Gasteiger charge is 2.40. The van der Waals surface area contributed by atoms with E-state index in [-0.39, 0.29) is 17.8 Å². The molecule has 0 aliphatic carbocycles. The predicted octanol–water partition coefficient (Wildman–Crippen LogP) is 2.43. The molecule has 25 heavy (non-hydrogen) atoms. The third-order valence-corrected chi connectivity index (χ3v) is 5.45. The predicted molar refractivity (Wildman–Crippen MR) is 91.7 cm³/mol. The van der Waals surface area contributed by atoms with Gasteiger partial charge in [-0.2, -0.15) is 5.26 Å². The Hall–Kier alpha value is -2.65. The third-order valence-electron chi connectivity index (χ3n) is 5.45. The van der Waals surface area contributed by atoms with E-state index in [0.29, 0.717) is 23.3 Å². The lowest BCUT2D eigenvalue weighted by atomic mass is 9.79. The number of nitrogens with one attached hydrogen (secondary N) is 1. The van der Waals surface area contributed by atoms with Crippen molar-refractivity contribution in [2.24, 2.45) is 5.92 Å². The van der Waals surface area contributed by atoms with Crippen LogP contribution in [-0.2, 0) is 0 Å². The van der Waals surface area contributed by atoms with Crippen LogP contribution in [0.2, 0.25) is 0 Å². The van der Waals surface area contributed by atoms with Gasteiger partial charge in [0.15, 0.2) is 5.76 Å². The van der Waals surface area contributed by atoms with Crippen molar-refractivity contribution >= 4 is 5.91 Å². The van der Waals surface area contributed by atoms with Crippen LogP contribution in [0.3, 0.4) is 0 Å². The van der Waals surface area contributed by atoms with E-state index in [1.165, 1.54) is 6.20 Å². The standard InChI is InChI=1S/C19H20N4O2/c1-12-17(14-5-7-23(12)8-6-14)22-18(24)19-21-11-16(25-19)15-4-2-3-13(9-15)10-20/h2-4,9,11-12,14,17H,5-8H2,1H3,(H,22,24). The highest BCUT2D eigenvalue weighted by Crippen LogP contribution is 2.32. The van der Waals surface area contributed by atoms with E-state index in [4.69, 9.17) is 9.68 Å².